The van der Waals surface area contributed by atoms with Crippen LogP contribution in [0, 0.1) is 11.3 Å². The third kappa shape index (κ3) is 6.78. The van der Waals surface area contributed by atoms with Crippen molar-refractivity contribution in [2.75, 3.05) is 14.2 Å². The Morgan fingerprint density at radius 2 is 1.52 bits per heavy atom. The summed E-state index contributed by atoms with van der Waals surface area (Å²) in [5.41, 5.74) is 0.636. The zero-order valence-electron chi connectivity index (χ0n) is 16.3. The summed E-state index contributed by atoms with van der Waals surface area (Å²) in [7, 11) is 3.28. The number of nitriles is 1. The predicted molar refractivity (Wildman–Crippen MR) is 107 cm³/mol. The highest BCUT2D eigenvalue weighted by Gasteiger charge is 2.31. The minimum absolute atomic E-state index is 0. The van der Waals surface area contributed by atoms with Gasteiger partial charge in [-0.15, -0.1) is 12.4 Å². The Morgan fingerprint density at radius 3 is 2.08 bits per heavy atom. The van der Waals surface area contributed by atoms with E-state index in [1.54, 1.807) is 14.2 Å². The van der Waals surface area contributed by atoms with Crippen LogP contribution in [0.3, 0.4) is 0 Å². The number of ether oxygens (including phenoxy) is 2. The largest absolute Gasteiger partial charge is 0.493 e. The summed E-state index contributed by atoms with van der Waals surface area (Å²) < 4.78 is 10.8. The normalized spacial score (nSPS) is 12.6. The van der Waals surface area contributed by atoms with Crippen LogP contribution in [0.15, 0.2) is 18.2 Å². The lowest BCUT2D eigenvalue weighted by Gasteiger charge is -2.27. The highest BCUT2D eigenvalue weighted by atomic mass is 35.5. The molecule has 0 N–H and O–H groups in total. The van der Waals surface area contributed by atoms with E-state index in [4.69, 9.17) is 9.47 Å². The molecule has 0 fully saturated rings. The molecule has 0 spiro atoms. The quantitative estimate of drug-likeness (QED) is 0.399. The van der Waals surface area contributed by atoms with Crippen LogP contribution >= 0.6 is 12.4 Å². The molecule has 1 unspecified atom stereocenters. The first-order valence-electron chi connectivity index (χ1n) is 9.31. The summed E-state index contributed by atoms with van der Waals surface area (Å²) in [4.78, 5) is 0. The topological polar surface area (TPSA) is 42.2 Å². The number of benzene rings is 1. The van der Waals surface area contributed by atoms with E-state index >= 15 is 0 Å². The number of hydrogen-bond donors (Lipinski definition) is 0. The average Bonchev–Trinajstić information content (AvgIpc) is 2.63. The molecular weight excluding hydrogens is 334 g/mol. The molecule has 142 valence electrons. The van der Waals surface area contributed by atoms with Gasteiger partial charge in [-0.05, 0) is 30.5 Å². The van der Waals surface area contributed by atoms with Crippen molar-refractivity contribution in [1.29, 1.82) is 5.26 Å². The minimum atomic E-state index is -0.418. The third-order valence-corrected chi connectivity index (χ3v) is 4.78. The Hall–Kier alpha value is -1.40. The molecule has 1 aromatic rings. The number of unbranched alkanes of at least 4 members (excludes halogenated alkanes) is 5. The van der Waals surface area contributed by atoms with Crippen LogP contribution in [0.5, 0.6) is 11.5 Å². The molecule has 25 heavy (non-hydrogen) atoms. The molecule has 0 aliphatic rings. The van der Waals surface area contributed by atoms with E-state index in [1.807, 2.05) is 18.2 Å². The number of rotatable bonds is 12. The van der Waals surface area contributed by atoms with E-state index in [9.17, 15) is 5.26 Å². The molecule has 0 saturated heterocycles. The highest BCUT2D eigenvalue weighted by molar-refractivity contribution is 5.85. The molecule has 1 atom stereocenters. The smallest absolute Gasteiger partial charge is 0.161 e. The average molecular weight is 368 g/mol. The van der Waals surface area contributed by atoms with Crippen molar-refractivity contribution in [2.24, 2.45) is 0 Å². The zero-order valence-corrected chi connectivity index (χ0v) is 17.1. The molecular formula is C21H34ClNO2. The first-order valence-corrected chi connectivity index (χ1v) is 9.31. The molecule has 0 radical (unpaired) electrons. The summed E-state index contributed by atoms with van der Waals surface area (Å²) in [5, 5.41) is 9.97. The second-order valence-electron chi connectivity index (χ2n) is 6.53. The fourth-order valence-corrected chi connectivity index (χ4v) is 3.36. The molecule has 3 nitrogen and oxygen atoms in total. The van der Waals surface area contributed by atoms with Gasteiger partial charge in [0.25, 0.3) is 0 Å². The van der Waals surface area contributed by atoms with Gasteiger partial charge in [0.05, 0.1) is 25.7 Å². The zero-order chi connectivity index (χ0) is 17.8. The standard InChI is InChI=1S/C21H33NO2.ClH/c1-5-7-8-9-10-11-15-21(17-22,14-6-2)18-12-13-19(23-3)20(16-18)24-4;/h12-13,16H,5-11,14-15H2,1-4H3;1H. The van der Waals surface area contributed by atoms with Gasteiger partial charge in [0.15, 0.2) is 11.5 Å². The van der Waals surface area contributed by atoms with E-state index in [0.29, 0.717) is 11.5 Å². The Morgan fingerprint density at radius 1 is 0.880 bits per heavy atom. The summed E-state index contributed by atoms with van der Waals surface area (Å²) in [6.07, 6.45) is 10.3. The van der Waals surface area contributed by atoms with Gasteiger partial charge in [-0.1, -0.05) is 64.9 Å². The maximum Gasteiger partial charge on any atom is 0.161 e. The van der Waals surface area contributed by atoms with Gasteiger partial charge in [0.2, 0.25) is 0 Å². The van der Waals surface area contributed by atoms with Gasteiger partial charge < -0.3 is 9.47 Å². The second kappa shape index (κ2) is 12.9. The molecule has 0 aliphatic carbocycles. The first kappa shape index (κ1) is 23.6. The number of nitrogens with zero attached hydrogens (tertiary/aromatic N) is 1. The van der Waals surface area contributed by atoms with E-state index in [-0.39, 0.29) is 12.4 Å². The van der Waals surface area contributed by atoms with E-state index < -0.39 is 5.41 Å². The molecule has 0 aliphatic heterocycles. The van der Waals surface area contributed by atoms with Crippen LogP contribution in [0.25, 0.3) is 0 Å². The van der Waals surface area contributed by atoms with Gasteiger partial charge in [0, 0.05) is 0 Å². The molecule has 0 bridgehead atoms. The van der Waals surface area contributed by atoms with Crippen molar-refractivity contribution in [3.05, 3.63) is 23.8 Å². The second-order valence-corrected chi connectivity index (χ2v) is 6.53. The number of halogens is 1. The van der Waals surface area contributed by atoms with Crippen molar-refractivity contribution in [3.63, 3.8) is 0 Å². The summed E-state index contributed by atoms with van der Waals surface area (Å²) >= 11 is 0. The molecule has 0 saturated carbocycles. The van der Waals surface area contributed by atoms with Crippen LogP contribution in [-0.4, -0.2) is 14.2 Å². The molecule has 4 heteroatoms. The van der Waals surface area contributed by atoms with E-state index in [0.717, 1.165) is 31.2 Å². The van der Waals surface area contributed by atoms with Crippen LogP contribution in [0.4, 0.5) is 0 Å². The SMILES string of the molecule is CCCCCCCCC(C#N)(CCC)c1ccc(OC)c(OC)c1.Cl. The Bertz CT molecular complexity index is 527. The lowest BCUT2D eigenvalue weighted by Crippen LogP contribution is -2.24. The Labute approximate surface area is 160 Å². The van der Waals surface area contributed by atoms with Crippen LogP contribution in [0.2, 0.25) is 0 Å². The van der Waals surface area contributed by atoms with Gasteiger partial charge in [0.1, 0.15) is 0 Å². The van der Waals surface area contributed by atoms with Crippen molar-refractivity contribution in [3.8, 4) is 17.6 Å². The number of hydrogen-bond acceptors (Lipinski definition) is 3. The number of methoxy groups -OCH3 is 2. The van der Waals surface area contributed by atoms with Crippen LogP contribution in [0.1, 0.15) is 77.2 Å². The van der Waals surface area contributed by atoms with Gasteiger partial charge >= 0.3 is 0 Å². The predicted octanol–water partition coefficient (Wildman–Crippen LogP) is 6.44. The van der Waals surface area contributed by atoms with Crippen molar-refractivity contribution >= 4 is 12.4 Å². The maximum absolute atomic E-state index is 9.97. The van der Waals surface area contributed by atoms with Crippen molar-refractivity contribution < 1.29 is 9.47 Å². The lowest BCUT2D eigenvalue weighted by atomic mass is 9.74. The summed E-state index contributed by atoms with van der Waals surface area (Å²) in [6.45, 7) is 4.38. The molecule has 0 heterocycles. The Kier molecular flexibility index (Phi) is 12.2. The highest BCUT2D eigenvalue weighted by Crippen LogP contribution is 2.39. The molecule has 0 aromatic heterocycles. The fraction of sp³-hybridized carbons (Fsp3) is 0.667. The van der Waals surface area contributed by atoms with Crippen LogP contribution in [-0.2, 0) is 5.41 Å². The van der Waals surface area contributed by atoms with E-state index in [2.05, 4.69) is 19.9 Å². The monoisotopic (exact) mass is 367 g/mol. The lowest BCUT2D eigenvalue weighted by molar-refractivity contribution is 0.352. The maximum atomic E-state index is 9.97. The first-order chi connectivity index (χ1) is 11.7. The van der Waals surface area contributed by atoms with Gasteiger partial charge in [-0.3, -0.25) is 0 Å². The Balaban J connectivity index is 0.00000576. The summed E-state index contributed by atoms with van der Waals surface area (Å²) in [5.74, 6) is 1.41. The van der Waals surface area contributed by atoms with E-state index in [1.165, 1.54) is 32.1 Å². The van der Waals surface area contributed by atoms with Gasteiger partial charge in [-0.2, -0.15) is 5.26 Å². The van der Waals surface area contributed by atoms with Crippen LogP contribution < -0.4 is 9.47 Å². The fourth-order valence-electron chi connectivity index (χ4n) is 3.36. The molecule has 1 rings (SSSR count). The molecule has 0 amide bonds. The third-order valence-electron chi connectivity index (χ3n) is 4.78. The summed E-state index contributed by atoms with van der Waals surface area (Å²) in [6, 6.07) is 8.55. The molecule has 1 aromatic carbocycles. The minimum Gasteiger partial charge on any atom is -0.493 e. The van der Waals surface area contributed by atoms with Crippen molar-refractivity contribution in [1.82, 2.24) is 0 Å². The van der Waals surface area contributed by atoms with Crippen molar-refractivity contribution in [2.45, 2.75) is 77.0 Å². The van der Waals surface area contributed by atoms with Gasteiger partial charge in [-0.25, -0.2) is 0 Å².